The molecule has 31 heavy (non-hydrogen) atoms. The maximum absolute atomic E-state index is 12.7. The lowest BCUT2D eigenvalue weighted by molar-refractivity contribution is -0.116. The van der Waals surface area contributed by atoms with Crippen LogP contribution in [0.25, 0.3) is 11.0 Å². The van der Waals surface area contributed by atoms with E-state index < -0.39 is 0 Å². The summed E-state index contributed by atoms with van der Waals surface area (Å²) < 4.78 is 6.99. The van der Waals surface area contributed by atoms with Crippen LogP contribution in [0, 0.1) is 0 Å². The van der Waals surface area contributed by atoms with Crippen LogP contribution >= 0.6 is 11.6 Å². The molecule has 2 aromatic heterocycles. The van der Waals surface area contributed by atoms with Crippen LogP contribution in [0.1, 0.15) is 22.8 Å². The van der Waals surface area contributed by atoms with Crippen molar-refractivity contribution >= 4 is 40.1 Å². The number of para-hydroxylation sites is 2. The molecule has 8 heteroatoms. The van der Waals surface area contributed by atoms with Gasteiger partial charge in [-0.15, -0.1) is 0 Å². The van der Waals surface area contributed by atoms with Crippen molar-refractivity contribution in [3.05, 3.63) is 83.5 Å². The molecule has 0 radical (unpaired) electrons. The highest BCUT2D eigenvalue weighted by Gasteiger charge is 2.14. The fourth-order valence-corrected chi connectivity index (χ4v) is 3.54. The first-order valence-corrected chi connectivity index (χ1v) is 10.3. The Bertz CT molecular complexity index is 1200. The molecular weight excluding hydrogens is 416 g/mol. The summed E-state index contributed by atoms with van der Waals surface area (Å²) in [5.41, 5.74) is 2.36. The van der Waals surface area contributed by atoms with Crippen LogP contribution < -0.4 is 10.6 Å². The predicted octanol–water partition coefficient (Wildman–Crippen LogP) is 4.28. The Morgan fingerprint density at radius 3 is 2.74 bits per heavy atom. The topological polar surface area (TPSA) is 89.2 Å². The Labute approximate surface area is 184 Å². The van der Waals surface area contributed by atoms with E-state index in [1.54, 1.807) is 36.4 Å². The zero-order valence-corrected chi connectivity index (χ0v) is 17.4. The minimum atomic E-state index is -0.251. The van der Waals surface area contributed by atoms with Crippen LogP contribution in [0.2, 0.25) is 5.02 Å². The summed E-state index contributed by atoms with van der Waals surface area (Å²) in [6.45, 7) is 0.596. The van der Waals surface area contributed by atoms with E-state index in [0.29, 0.717) is 30.1 Å². The molecule has 0 bridgehead atoms. The average Bonchev–Trinajstić information content (AvgIpc) is 3.40. The monoisotopic (exact) mass is 436 g/mol. The van der Waals surface area contributed by atoms with Crippen LogP contribution in [0.5, 0.6) is 0 Å². The summed E-state index contributed by atoms with van der Waals surface area (Å²) in [4.78, 5) is 29.3. The van der Waals surface area contributed by atoms with Crippen molar-refractivity contribution in [1.29, 1.82) is 0 Å². The van der Waals surface area contributed by atoms with Gasteiger partial charge in [-0.25, -0.2) is 4.98 Å². The Hall–Kier alpha value is -3.58. The third kappa shape index (κ3) is 5.13. The van der Waals surface area contributed by atoms with E-state index in [2.05, 4.69) is 15.6 Å². The van der Waals surface area contributed by atoms with Crippen LogP contribution in [-0.4, -0.2) is 27.9 Å². The average molecular weight is 437 g/mol. The number of anilines is 1. The Morgan fingerprint density at radius 1 is 1.06 bits per heavy atom. The second-order valence-electron chi connectivity index (χ2n) is 7.00. The van der Waals surface area contributed by atoms with Crippen LogP contribution in [0.4, 0.5) is 5.69 Å². The molecule has 4 aromatic rings. The number of imidazole rings is 1. The number of halogens is 1. The normalized spacial score (nSPS) is 10.9. The molecule has 158 valence electrons. The van der Waals surface area contributed by atoms with Gasteiger partial charge in [0.2, 0.25) is 5.91 Å². The van der Waals surface area contributed by atoms with Crippen molar-refractivity contribution in [2.75, 3.05) is 11.9 Å². The third-order valence-electron chi connectivity index (χ3n) is 4.75. The zero-order valence-electron chi connectivity index (χ0n) is 16.7. The summed E-state index contributed by atoms with van der Waals surface area (Å²) >= 11 is 6.00. The van der Waals surface area contributed by atoms with E-state index in [1.807, 2.05) is 28.8 Å². The molecule has 0 aliphatic carbocycles. The summed E-state index contributed by atoms with van der Waals surface area (Å²) in [5, 5.41) is 6.26. The van der Waals surface area contributed by atoms with Crippen molar-refractivity contribution in [3.8, 4) is 0 Å². The van der Waals surface area contributed by atoms with Gasteiger partial charge in [0, 0.05) is 23.7 Å². The highest BCUT2D eigenvalue weighted by Crippen LogP contribution is 2.19. The van der Waals surface area contributed by atoms with Gasteiger partial charge in [0.05, 0.1) is 17.3 Å². The number of furan rings is 1. The number of carbonyl (C=O) groups excluding carboxylic acids is 2. The molecular formula is C23H21ClN4O3. The molecule has 2 amide bonds. The minimum absolute atomic E-state index is 0.126. The fraction of sp³-hybridized carbons (Fsp3) is 0.174. The number of benzene rings is 2. The second kappa shape index (κ2) is 9.49. The van der Waals surface area contributed by atoms with E-state index in [9.17, 15) is 9.59 Å². The SMILES string of the molecule is O=C(Cn1c(CCCNC(=O)c2ccco2)nc2ccccc21)Nc1cccc(Cl)c1. The first-order valence-electron chi connectivity index (χ1n) is 9.91. The standard InChI is InChI=1S/C23H21ClN4O3/c24-16-6-3-7-17(14-16)26-22(29)15-28-19-9-2-1-8-18(19)27-21(28)11-4-12-25-23(30)20-10-5-13-31-20/h1-3,5-10,13-14H,4,11-12,15H2,(H,25,30)(H,26,29). The van der Waals surface area contributed by atoms with Crippen LogP contribution in [0.3, 0.4) is 0 Å². The van der Waals surface area contributed by atoms with E-state index in [4.69, 9.17) is 16.0 Å². The Morgan fingerprint density at radius 2 is 1.94 bits per heavy atom. The molecule has 7 nitrogen and oxygen atoms in total. The number of hydrogen-bond donors (Lipinski definition) is 2. The number of aryl methyl sites for hydroxylation is 1. The number of nitrogens with one attached hydrogen (secondary N) is 2. The van der Waals surface area contributed by atoms with Gasteiger partial charge in [-0.1, -0.05) is 29.8 Å². The molecule has 2 N–H and O–H groups in total. The highest BCUT2D eigenvalue weighted by atomic mass is 35.5. The second-order valence-corrected chi connectivity index (χ2v) is 7.43. The molecule has 0 unspecified atom stereocenters. The molecule has 2 heterocycles. The van der Waals surface area contributed by atoms with E-state index in [1.165, 1.54) is 6.26 Å². The van der Waals surface area contributed by atoms with Gasteiger partial charge in [-0.3, -0.25) is 9.59 Å². The van der Waals surface area contributed by atoms with Gasteiger partial charge >= 0.3 is 0 Å². The Kier molecular flexibility index (Phi) is 6.33. The predicted molar refractivity (Wildman–Crippen MR) is 119 cm³/mol. The largest absolute Gasteiger partial charge is 0.459 e. The summed E-state index contributed by atoms with van der Waals surface area (Å²) in [5.74, 6) is 0.650. The third-order valence-corrected chi connectivity index (χ3v) is 4.99. The molecule has 0 atom stereocenters. The number of hydrogen-bond acceptors (Lipinski definition) is 4. The van der Waals surface area contributed by atoms with Gasteiger partial charge in [0.15, 0.2) is 5.76 Å². The first kappa shape index (κ1) is 20.7. The number of amides is 2. The van der Waals surface area contributed by atoms with Gasteiger partial charge < -0.3 is 19.6 Å². The van der Waals surface area contributed by atoms with Gasteiger partial charge in [-0.2, -0.15) is 0 Å². The van der Waals surface area contributed by atoms with Crippen molar-refractivity contribution in [2.24, 2.45) is 0 Å². The summed E-state index contributed by atoms with van der Waals surface area (Å²) in [6.07, 6.45) is 2.74. The molecule has 0 aliphatic rings. The molecule has 0 saturated carbocycles. The zero-order chi connectivity index (χ0) is 21.6. The number of rotatable bonds is 8. The number of carbonyl (C=O) groups is 2. The fourth-order valence-electron chi connectivity index (χ4n) is 3.35. The van der Waals surface area contributed by atoms with Gasteiger partial charge in [0.1, 0.15) is 12.4 Å². The lowest BCUT2D eigenvalue weighted by atomic mass is 10.2. The van der Waals surface area contributed by atoms with Crippen LogP contribution in [-0.2, 0) is 17.8 Å². The lowest BCUT2D eigenvalue weighted by Gasteiger charge is -2.10. The van der Waals surface area contributed by atoms with Crippen LogP contribution in [0.15, 0.2) is 71.3 Å². The Balaban J connectivity index is 1.43. The molecule has 0 spiro atoms. The maximum Gasteiger partial charge on any atom is 0.286 e. The number of aromatic nitrogens is 2. The van der Waals surface area contributed by atoms with E-state index in [0.717, 1.165) is 16.9 Å². The molecule has 0 saturated heterocycles. The number of nitrogens with zero attached hydrogens (tertiary/aromatic N) is 2. The molecule has 2 aromatic carbocycles. The quantitative estimate of drug-likeness (QED) is 0.403. The van der Waals surface area contributed by atoms with Crippen molar-refractivity contribution in [1.82, 2.24) is 14.9 Å². The van der Waals surface area contributed by atoms with Crippen molar-refractivity contribution in [2.45, 2.75) is 19.4 Å². The summed E-state index contributed by atoms with van der Waals surface area (Å²) in [7, 11) is 0. The minimum Gasteiger partial charge on any atom is -0.459 e. The first-order chi connectivity index (χ1) is 15.1. The number of fused-ring (bicyclic) bond motifs is 1. The van der Waals surface area contributed by atoms with Gasteiger partial charge in [0.25, 0.3) is 5.91 Å². The maximum atomic E-state index is 12.7. The van der Waals surface area contributed by atoms with Crippen molar-refractivity contribution < 1.29 is 14.0 Å². The molecule has 0 aliphatic heterocycles. The van der Waals surface area contributed by atoms with E-state index >= 15 is 0 Å². The molecule has 0 fully saturated rings. The smallest absolute Gasteiger partial charge is 0.286 e. The molecule has 4 rings (SSSR count). The van der Waals surface area contributed by atoms with Crippen molar-refractivity contribution in [3.63, 3.8) is 0 Å². The van der Waals surface area contributed by atoms with E-state index in [-0.39, 0.29) is 24.1 Å². The summed E-state index contributed by atoms with van der Waals surface area (Å²) in [6, 6.07) is 18.0. The highest BCUT2D eigenvalue weighted by molar-refractivity contribution is 6.30. The lowest BCUT2D eigenvalue weighted by Crippen LogP contribution is -2.25. The van der Waals surface area contributed by atoms with Gasteiger partial charge in [-0.05, 0) is 48.9 Å².